The summed E-state index contributed by atoms with van der Waals surface area (Å²) in [4.78, 5) is 29.5. The molecule has 230 valence electrons. The van der Waals surface area contributed by atoms with Crippen molar-refractivity contribution in [3.63, 3.8) is 0 Å². The molecular formula is C33H32Cl3N3O4S. The Bertz CT molecular complexity index is 1690. The fraction of sp³-hybridized carbons (Fsp3) is 0.212. The quantitative estimate of drug-likeness (QED) is 0.176. The SMILES string of the molecule is CC(C)NC(=O)C(Cc1ccccc1)N(Cc1ccc(Cl)cc1)C(=O)CN(c1cccc(Cl)c1Cl)S(=O)(=O)c1ccccc1. The topological polar surface area (TPSA) is 86.8 Å². The minimum absolute atomic E-state index is 0.0154. The second-order valence-corrected chi connectivity index (χ2v) is 13.5. The van der Waals surface area contributed by atoms with Gasteiger partial charge in [0.05, 0.1) is 20.6 Å². The van der Waals surface area contributed by atoms with E-state index in [0.717, 1.165) is 9.87 Å². The standard InChI is InChI=1S/C33H32Cl3N3O4S/c1-23(2)37-33(41)30(20-24-10-5-3-6-11-24)38(21-25-16-18-26(34)19-17-25)31(40)22-39(29-15-9-14-28(35)32(29)36)44(42,43)27-12-7-4-8-13-27/h3-19,23,30H,20-22H2,1-2H3,(H,37,41). The summed E-state index contributed by atoms with van der Waals surface area (Å²) < 4.78 is 29.0. The number of hydrogen-bond acceptors (Lipinski definition) is 4. The van der Waals surface area contributed by atoms with E-state index in [-0.39, 0.29) is 45.5 Å². The van der Waals surface area contributed by atoms with Crippen molar-refractivity contribution in [1.82, 2.24) is 10.2 Å². The Morgan fingerprint density at radius 2 is 1.39 bits per heavy atom. The highest BCUT2D eigenvalue weighted by Crippen LogP contribution is 2.35. The Hall–Kier alpha value is -3.56. The number of halogens is 3. The van der Waals surface area contributed by atoms with Gasteiger partial charge in [0.15, 0.2) is 0 Å². The molecule has 0 aliphatic rings. The molecule has 2 amide bonds. The minimum atomic E-state index is -4.30. The van der Waals surface area contributed by atoms with Gasteiger partial charge in [0.2, 0.25) is 11.8 Å². The molecule has 4 aromatic rings. The first-order chi connectivity index (χ1) is 21.0. The van der Waals surface area contributed by atoms with Gasteiger partial charge in [-0.15, -0.1) is 0 Å². The molecule has 0 aliphatic heterocycles. The smallest absolute Gasteiger partial charge is 0.264 e. The molecule has 1 N–H and O–H groups in total. The fourth-order valence-electron chi connectivity index (χ4n) is 4.64. The van der Waals surface area contributed by atoms with Gasteiger partial charge in [-0.1, -0.05) is 102 Å². The van der Waals surface area contributed by atoms with Crippen LogP contribution in [0.2, 0.25) is 15.1 Å². The fourth-order valence-corrected chi connectivity index (χ4v) is 6.66. The molecule has 0 fully saturated rings. The molecule has 1 unspecified atom stereocenters. The zero-order valence-corrected chi connectivity index (χ0v) is 27.2. The van der Waals surface area contributed by atoms with Crippen LogP contribution in [0.25, 0.3) is 0 Å². The molecule has 0 spiro atoms. The van der Waals surface area contributed by atoms with Crippen molar-refractivity contribution in [3.8, 4) is 0 Å². The lowest BCUT2D eigenvalue weighted by molar-refractivity contribution is -0.140. The largest absolute Gasteiger partial charge is 0.352 e. The molecule has 0 saturated heterocycles. The number of nitrogens with zero attached hydrogens (tertiary/aromatic N) is 2. The number of nitrogens with one attached hydrogen (secondary N) is 1. The number of carbonyl (C=O) groups is 2. The first-order valence-corrected chi connectivity index (χ1v) is 16.4. The first-order valence-electron chi connectivity index (χ1n) is 13.9. The highest BCUT2D eigenvalue weighted by atomic mass is 35.5. The predicted octanol–water partition coefficient (Wildman–Crippen LogP) is 7.01. The van der Waals surface area contributed by atoms with Crippen LogP contribution in [0.1, 0.15) is 25.0 Å². The van der Waals surface area contributed by atoms with Crippen molar-refractivity contribution in [2.75, 3.05) is 10.8 Å². The summed E-state index contributed by atoms with van der Waals surface area (Å²) in [6.07, 6.45) is 0.197. The third-order valence-electron chi connectivity index (χ3n) is 6.78. The number of carbonyl (C=O) groups excluding carboxylic acids is 2. The molecule has 0 saturated carbocycles. The summed E-state index contributed by atoms with van der Waals surface area (Å²) in [5, 5.41) is 3.54. The van der Waals surface area contributed by atoms with Crippen molar-refractivity contribution in [2.45, 2.75) is 43.8 Å². The second-order valence-electron chi connectivity index (χ2n) is 10.4. The van der Waals surface area contributed by atoms with Crippen LogP contribution in [-0.4, -0.2) is 43.8 Å². The second kappa shape index (κ2) is 14.9. The van der Waals surface area contributed by atoms with Crippen LogP contribution in [0.3, 0.4) is 0 Å². The molecule has 4 rings (SSSR count). The van der Waals surface area contributed by atoms with Gasteiger partial charge in [-0.05, 0) is 61.4 Å². The zero-order valence-electron chi connectivity index (χ0n) is 24.2. The van der Waals surface area contributed by atoms with Gasteiger partial charge in [0.1, 0.15) is 12.6 Å². The summed E-state index contributed by atoms with van der Waals surface area (Å²) in [7, 11) is -4.30. The first kappa shape index (κ1) is 33.3. The van der Waals surface area contributed by atoms with Gasteiger partial charge in [-0.25, -0.2) is 8.42 Å². The van der Waals surface area contributed by atoms with E-state index in [9.17, 15) is 18.0 Å². The van der Waals surface area contributed by atoms with Gasteiger partial charge < -0.3 is 10.2 Å². The maximum absolute atomic E-state index is 14.4. The maximum Gasteiger partial charge on any atom is 0.264 e. The third-order valence-corrected chi connectivity index (χ3v) is 9.61. The molecule has 44 heavy (non-hydrogen) atoms. The molecule has 0 aromatic heterocycles. The van der Waals surface area contributed by atoms with Crippen molar-refractivity contribution in [2.24, 2.45) is 0 Å². The van der Waals surface area contributed by atoms with E-state index in [0.29, 0.717) is 10.6 Å². The monoisotopic (exact) mass is 671 g/mol. The van der Waals surface area contributed by atoms with Crippen LogP contribution in [0, 0.1) is 0 Å². The summed E-state index contributed by atoms with van der Waals surface area (Å²) >= 11 is 18.9. The van der Waals surface area contributed by atoms with Gasteiger partial charge >= 0.3 is 0 Å². The van der Waals surface area contributed by atoms with Gasteiger partial charge in [-0.3, -0.25) is 13.9 Å². The molecule has 7 nitrogen and oxygen atoms in total. The summed E-state index contributed by atoms with van der Waals surface area (Å²) in [6, 6.07) is 27.4. The van der Waals surface area contributed by atoms with Crippen molar-refractivity contribution in [3.05, 3.63) is 129 Å². The Kier molecular flexibility index (Phi) is 11.3. The highest BCUT2D eigenvalue weighted by molar-refractivity contribution is 7.92. The molecule has 0 radical (unpaired) electrons. The van der Waals surface area contributed by atoms with E-state index in [2.05, 4.69) is 5.32 Å². The van der Waals surface area contributed by atoms with Gasteiger partial charge in [-0.2, -0.15) is 0 Å². The van der Waals surface area contributed by atoms with E-state index < -0.39 is 28.5 Å². The van der Waals surface area contributed by atoms with Crippen LogP contribution in [-0.2, 0) is 32.6 Å². The Balaban J connectivity index is 1.82. The average molecular weight is 673 g/mol. The van der Waals surface area contributed by atoms with E-state index in [1.165, 1.54) is 29.2 Å². The lowest BCUT2D eigenvalue weighted by Crippen LogP contribution is -2.54. The number of amides is 2. The predicted molar refractivity (Wildman–Crippen MR) is 177 cm³/mol. The normalized spacial score (nSPS) is 12.0. The lowest BCUT2D eigenvalue weighted by Gasteiger charge is -2.34. The number of benzene rings is 4. The molecule has 4 aromatic carbocycles. The Morgan fingerprint density at radius 3 is 2.00 bits per heavy atom. The van der Waals surface area contributed by atoms with Gasteiger partial charge in [0, 0.05) is 24.0 Å². The molecule has 0 heterocycles. The van der Waals surface area contributed by atoms with Crippen molar-refractivity contribution >= 4 is 62.3 Å². The Morgan fingerprint density at radius 1 is 0.773 bits per heavy atom. The lowest BCUT2D eigenvalue weighted by atomic mass is 10.0. The summed E-state index contributed by atoms with van der Waals surface area (Å²) in [6.45, 7) is 3.03. The molecule has 0 bridgehead atoms. The van der Waals surface area contributed by atoms with E-state index in [1.54, 1.807) is 48.5 Å². The number of sulfonamides is 1. The number of hydrogen-bond donors (Lipinski definition) is 1. The number of anilines is 1. The van der Waals surface area contributed by atoms with Crippen LogP contribution < -0.4 is 9.62 Å². The van der Waals surface area contributed by atoms with Crippen molar-refractivity contribution in [1.29, 1.82) is 0 Å². The van der Waals surface area contributed by atoms with Crippen LogP contribution >= 0.6 is 34.8 Å². The van der Waals surface area contributed by atoms with E-state index >= 15 is 0 Å². The third kappa shape index (κ3) is 8.33. The van der Waals surface area contributed by atoms with Gasteiger partial charge in [0.25, 0.3) is 10.0 Å². The molecule has 0 aliphatic carbocycles. The molecular weight excluding hydrogens is 641 g/mol. The zero-order chi connectivity index (χ0) is 31.9. The van der Waals surface area contributed by atoms with Crippen LogP contribution in [0.15, 0.2) is 108 Å². The molecule has 11 heteroatoms. The van der Waals surface area contributed by atoms with Crippen LogP contribution in [0.5, 0.6) is 0 Å². The average Bonchev–Trinajstić information content (AvgIpc) is 3.00. The van der Waals surface area contributed by atoms with Crippen molar-refractivity contribution < 1.29 is 18.0 Å². The van der Waals surface area contributed by atoms with E-state index in [4.69, 9.17) is 34.8 Å². The number of rotatable bonds is 12. The van der Waals surface area contributed by atoms with Crippen LogP contribution in [0.4, 0.5) is 5.69 Å². The Labute approximate surface area is 273 Å². The van der Waals surface area contributed by atoms with E-state index in [1.807, 2.05) is 44.2 Å². The summed E-state index contributed by atoms with van der Waals surface area (Å²) in [5.41, 5.74) is 1.57. The maximum atomic E-state index is 14.4. The minimum Gasteiger partial charge on any atom is -0.352 e. The molecule has 1 atom stereocenters. The highest BCUT2D eigenvalue weighted by Gasteiger charge is 2.35. The summed E-state index contributed by atoms with van der Waals surface area (Å²) in [5.74, 6) is -0.986.